The fourth-order valence-electron chi connectivity index (χ4n) is 2.62. The van der Waals surface area contributed by atoms with Gasteiger partial charge >= 0.3 is 6.03 Å². The average molecular weight is 241 g/mol. The SMILES string of the molecule is CC1CN(C(=O)N2CCCCC2)CC(CN)O1. The number of morpholine rings is 1. The quantitative estimate of drug-likeness (QED) is 0.733. The van der Waals surface area contributed by atoms with Gasteiger partial charge in [0.2, 0.25) is 0 Å². The molecule has 0 saturated carbocycles. The molecule has 98 valence electrons. The first-order valence-corrected chi connectivity index (χ1v) is 6.60. The predicted octanol–water partition coefficient (Wildman–Crippen LogP) is 0.640. The Bertz CT molecular complexity index is 266. The van der Waals surface area contributed by atoms with Gasteiger partial charge in [-0.25, -0.2) is 4.79 Å². The van der Waals surface area contributed by atoms with Crippen molar-refractivity contribution in [3.05, 3.63) is 0 Å². The number of amides is 2. The zero-order valence-corrected chi connectivity index (χ0v) is 10.6. The maximum absolute atomic E-state index is 12.3. The first kappa shape index (κ1) is 12.6. The molecular formula is C12H23N3O2. The Hall–Kier alpha value is -0.810. The molecule has 0 spiro atoms. The van der Waals surface area contributed by atoms with Crippen LogP contribution in [-0.2, 0) is 4.74 Å². The number of carbonyl (C=O) groups is 1. The summed E-state index contributed by atoms with van der Waals surface area (Å²) in [5.41, 5.74) is 5.63. The Balaban J connectivity index is 1.93. The molecule has 0 aromatic carbocycles. The van der Waals surface area contributed by atoms with Gasteiger partial charge in [0.05, 0.1) is 12.2 Å². The smallest absolute Gasteiger partial charge is 0.320 e. The standard InChI is InChI=1S/C12H23N3O2/c1-10-8-15(9-11(7-13)17-10)12(16)14-5-3-2-4-6-14/h10-11H,2-9,13H2,1H3. The van der Waals surface area contributed by atoms with Crippen LogP contribution in [0.15, 0.2) is 0 Å². The molecule has 2 aliphatic heterocycles. The normalized spacial score (nSPS) is 30.5. The monoisotopic (exact) mass is 241 g/mol. The summed E-state index contributed by atoms with van der Waals surface area (Å²) in [5.74, 6) is 0. The van der Waals surface area contributed by atoms with Gasteiger partial charge in [0.15, 0.2) is 0 Å². The number of urea groups is 1. The summed E-state index contributed by atoms with van der Waals surface area (Å²) in [7, 11) is 0. The Morgan fingerprint density at radius 2 is 1.94 bits per heavy atom. The van der Waals surface area contributed by atoms with Crippen LogP contribution < -0.4 is 5.73 Å². The van der Waals surface area contributed by atoms with E-state index < -0.39 is 0 Å². The van der Waals surface area contributed by atoms with Gasteiger partial charge in [-0.1, -0.05) is 0 Å². The van der Waals surface area contributed by atoms with Crippen LogP contribution in [0.25, 0.3) is 0 Å². The third-order valence-corrected chi connectivity index (χ3v) is 3.49. The van der Waals surface area contributed by atoms with Crippen LogP contribution in [0, 0.1) is 0 Å². The predicted molar refractivity (Wildman–Crippen MR) is 65.8 cm³/mol. The molecule has 2 N–H and O–H groups in total. The van der Waals surface area contributed by atoms with Gasteiger partial charge in [-0.2, -0.15) is 0 Å². The van der Waals surface area contributed by atoms with Gasteiger partial charge in [-0.3, -0.25) is 0 Å². The number of nitrogens with zero attached hydrogens (tertiary/aromatic N) is 2. The van der Waals surface area contributed by atoms with Crippen molar-refractivity contribution in [2.24, 2.45) is 5.73 Å². The van der Waals surface area contributed by atoms with E-state index in [2.05, 4.69) is 0 Å². The summed E-state index contributed by atoms with van der Waals surface area (Å²) in [6, 6.07) is 0.165. The van der Waals surface area contributed by atoms with E-state index in [0.717, 1.165) is 25.9 Å². The maximum Gasteiger partial charge on any atom is 0.320 e. The number of hydrogen-bond acceptors (Lipinski definition) is 3. The van der Waals surface area contributed by atoms with Crippen LogP contribution in [0.1, 0.15) is 26.2 Å². The summed E-state index contributed by atoms with van der Waals surface area (Å²) in [5, 5.41) is 0. The van der Waals surface area contributed by atoms with Crippen molar-refractivity contribution < 1.29 is 9.53 Å². The van der Waals surface area contributed by atoms with Crippen LogP contribution in [-0.4, -0.2) is 60.8 Å². The van der Waals surface area contributed by atoms with Crippen molar-refractivity contribution in [1.82, 2.24) is 9.80 Å². The minimum atomic E-state index is -0.00695. The fourth-order valence-corrected chi connectivity index (χ4v) is 2.62. The van der Waals surface area contributed by atoms with Crippen LogP contribution in [0.2, 0.25) is 0 Å². The second kappa shape index (κ2) is 5.69. The minimum Gasteiger partial charge on any atom is -0.370 e. The minimum absolute atomic E-state index is 0.00695. The molecule has 2 saturated heterocycles. The van der Waals surface area contributed by atoms with E-state index >= 15 is 0 Å². The average Bonchev–Trinajstić information content (AvgIpc) is 2.38. The van der Waals surface area contributed by atoms with E-state index in [1.165, 1.54) is 6.42 Å². The molecule has 2 rings (SSSR count). The molecule has 0 radical (unpaired) electrons. The van der Waals surface area contributed by atoms with Crippen LogP contribution in [0.3, 0.4) is 0 Å². The Kier molecular flexibility index (Phi) is 4.23. The van der Waals surface area contributed by atoms with Gasteiger partial charge in [0.25, 0.3) is 0 Å². The Labute approximate surface area is 103 Å². The number of rotatable bonds is 1. The van der Waals surface area contributed by atoms with E-state index in [1.807, 2.05) is 16.7 Å². The van der Waals surface area contributed by atoms with Crippen molar-refractivity contribution in [2.45, 2.75) is 38.4 Å². The molecule has 2 heterocycles. The van der Waals surface area contributed by atoms with Crippen molar-refractivity contribution in [1.29, 1.82) is 0 Å². The summed E-state index contributed by atoms with van der Waals surface area (Å²) in [6.07, 6.45) is 3.59. The molecule has 5 nitrogen and oxygen atoms in total. The molecule has 0 bridgehead atoms. The van der Waals surface area contributed by atoms with Crippen LogP contribution in [0.5, 0.6) is 0 Å². The molecule has 2 aliphatic rings. The van der Waals surface area contributed by atoms with Crippen molar-refractivity contribution in [3.63, 3.8) is 0 Å². The van der Waals surface area contributed by atoms with E-state index in [-0.39, 0.29) is 18.2 Å². The number of ether oxygens (including phenoxy) is 1. The maximum atomic E-state index is 12.3. The molecule has 17 heavy (non-hydrogen) atoms. The van der Waals surface area contributed by atoms with Gasteiger partial charge < -0.3 is 20.3 Å². The van der Waals surface area contributed by atoms with Crippen LogP contribution >= 0.6 is 0 Å². The zero-order chi connectivity index (χ0) is 12.3. The molecule has 5 heteroatoms. The molecule has 2 atom stereocenters. The van der Waals surface area contributed by atoms with Gasteiger partial charge in [-0.15, -0.1) is 0 Å². The summed E-state index contributed by atoms with van der Waals surface area (Å²) < 4.78 is 5.67. The highest BCUT2D eigenvalue weighted by molar-refractivity contribution is 5.74. The van der Waals surface area contributed by atoms with Crippen molar-refractivity contribution in [3.8, 4) is 0 Å². The second-order valence-electron chi connectivity index (χ2n) is 5.04. The number of carbonyl (C=O) groups excluding carboxylic acids is 1. The third-order valence-electron chi connectivity index (χ3n) is 3.49. The Morgan fingerprint density at radius 3 is 2.59 bits per heavy atom. The van der Waals surface area contributed by atoms with Crippen LogP contribution in [0.4, 0.5) is 4.79 Å². The second-order valence-corrected chi connectivity index (χ2v) is 5.04. The number of nitrogens with two attached hydrogens (primary N) is 1. The van der Waals surface area contributed by atoms with Gasteiger partial charge in [0.1, 0.15) is 0 Å². The van der Waals surface area contributed by atoms with Gasteiger partial charge in [0, 0.05) is 32.7 Å². The molecule has 2 amide bonds. The summed E-state index contributed by atoms with van der Waals surface area (Å²) in [4.78, 5) is 16.2. The molecular weight excluding hydrogens is 218 g/mol. The molecule has 2 fully saturated rings. The third kappa shape index (κ3) is 3.10. The summed E-state index contributed by atoms with van der Waals surface area (Å²) in [6.45, 7) is 5.60. The highest BCUT2D eigenvalue weighted by atomic mass is 16.5. The van der Waals surface area contributed by atoms with Gasteiger partial charge in [-0.05, 0) is 26.2 Å². The number of piperidine rings is 1. The fraction of sp³-hybridized carbons (Fsp3) is 0.917. The number of likely N-dealkylation sites (tertiary alicyclic amines) is 1. The largest absolute Gasteiger partial charge is 0.370 e. The molecule has 0 aromatic heterocycles. The van der Waals surface area contributed by atoms with E-state index in [1.54, 1.807) is 0 Å². The van der Waals surface area contributed by atoms with Crippen molar-refractivity contribution in [2.75, 3.05) is 32.7 Å². The highest BCUT2D eigenvalue weighted by Crippen LogP contribution is 2.16. The number of hydrogen-bond donors (Lipinski definition) is 1. The molecule has 2 unspecified atom stereocenters. The zero-order valence-electron chi connectivity index (χ0n) is 10.6. The Morgan fingerprint density at radius 1 is 1.24 bits per heavy atom. The first-order chi connectivity index (χ1) is 8.20. The lowest BCUT2D eigenvalue weighted by atomic mass is 10.1. The van der Waals surface area contributed by atoms with E-state index in [9.17, 15) is 4.79 Å². The van der Waals surface area contributed by atoms with Crippen molar-refractivity contribution >= 4 is 6.03 Å². The first-order valence-electron chi connectivity index (χ1n) is 6.60. The molecule has 0 aliphatic carbocycles. The van der Waals surface area contributed by atoms with E-state index in [4.69, 9.17) is 10.5 Å². The lowest BCUT2D eigenvalue weighted by Gasteiger charge is -2.39. The highest BCUT2D eigenvalue weighted by Gasteiger charge is 2.30. The molecule has 0 aromatic rings. The topological polar surface area (TPSA) is 58.8 Å². The van der Waals surface area contributed by atoms with E-state index in [0.29, 0.717) is 19.6 Å². The lowest BCUT2D eigenvalue weighted by Crippen LogP contribution is -2.55. The lowest BCUT2D eigenvalue weighted by molar-refractivity contribution is -0.0626. The summed E-state index contributed by atoms with van der Waals surface area (Å²) >= 11 is 0.